The highest BCUT2D eigenvalue weighted by Gasteiger charge is 2.60. The number of likely N-dealkylation sites (tertiary alicyclic amines) is 1. The number of thiazole rings is 1. The van der Waals surface area contributed by atoms with E-state index in [0.717, 1.165) is 6.42 Å². The van der Waals surface area contributed by atoms with E-state index in [2.05, 4.69) is 20.9 Å². The van der Waals surface area contributed by atoms with Crippen molar-refractivity contribution in [1.82, 2.24) is 9.88 Å². The summed E-state index contributed by atoms with van der Waals surface area (Å²) in [4.78, 5) is 29.9. The van der Waals surface area contributed by atoms with Gasteiger partial charge >= 0.3 is 12.1 Å². The van der Waals surface area contributed by atoms with E-state index in [9.17, 15) is 9.59 Å². The minimum atomic E-state index is -1.04. The third-order valence-electron chi connectivity index (χ3n) is 4.44. The van der Waals surface area contributed by atoms with Gasteiger partial charge in [0, 0.05) is 11.9 Å². The first-order valence-electron chi connectivity index (χ1n) is 8.07. The molecule has 9 heteroatoms. The molecule has 3 rings (SSSR count). The van der Waals surface area contributed by atoms with Crippen LogP contribution in [0.15, 0.2) is 9.98 Å². The third-order valence-corrected chi connectivity index (χ3v) is 6.15. The lowest BCUT2D eigenvalue weighted by atomic mass is 9.93. The fraction of sp³-hybridized carbons (Fsp3) is 0.688. The fourth-order valence-corrected chi connectivity index (χ4v) is 5.15. The molecule has 3 unspecified atom stereocenters. The summed E-state index contributed by atoms with van der Waals surface area (Å²) in [6.07, 6.45) is 1.03. The normalized spacial score (nSPS) is 28.4. The number of hydrogen-bond donors (Lipinski definition) is 1. The Kier molecular flexibility index (Phi) is 4.85. The lowest BCUT2D eigenvalue weighted by Crippen LogP contribution is -2.54. The summed E-state index contributed by atoms with van der Waals surface area (Å²) in [6.45, 7) is 5.65. The number of hydrogen-bond acceptors (Lipinski definition) is 6. The highest BCUT2D eigenvalue weighted by molar-refractivity contribution is 9.10. The number of piperidine rings is 1. The number of nitrogens with zero attached hydrogens (tertiary/aromatic N) is 2. The monoisotopic (exact) mass is 432 g/mol. The van der Waals surface area contributed by atoms with Crippen LogP contribution in [-0.2, 0) is 19.9 Å². The molecule has 1 N–H and O–H groups in total. The number of amides is 1. The van der Waals surface area contributed by atoms with Crippen LogP contribution in [0, 0.1) is 5.92 Å². The van der Waals surface area contributed by atoms with Gasteiger partial charge < -0.3 is 19.5 Å². The summed E-state index contributed by atoms with van der Waals surface area (Å²) in [6, 6.07) is -0.273. The second kappa shape index (κ2) is 6.51. The molecule has 2 fully saturated rings. The quantitative estimate of drug-likeness (QED) is 0.785. The van der Waals surface area contributed by atoms with E-state index in [1.54, 1.807) is 4.90 Å². The largest absolute Gasteiger partial charge is 0.480 e. The van der Waals surface area contributed by atoms with Gasteiger partial charge in [0.05, 0.1) is 6.04 Å². The Hall–Kier alpha value is -1.19. The van der Waals surface area contributed by atoms with Crippen LogP contribution in [0.2, 0.25) is 0 Å². The van der Waals surface area contributed by atoms with Gasteiger partial charge in [-0.2, -0.15) is 0 Å². The molecule has 25 heavy (non-hydrogen) atoms. The van der Waals surface area contributed by atoms with E-state index < -0.39 is 29.9 Å². The number of carboxylic acids is 1. The number of halogens is 1. The van der Waals surface area contributed by atoms with E-state index in [4.69, 9.17) is 14.6 Å². The lowest BCUT2D eigenvalue weighted by Gasteiger charge is -2.41. The summed E-state index contributed by atoms with van der Waals surface area (Å²) in [5.74, 6) is -0.796. The molecule has 1 aliphatic carbocycles. The van der Waals surface area contributed by atoms with Crippen LogP contribution in [0.4, 0.5) is 4.79 Å². The van der Waals surface area contributed by atoms with Gasteiger partial charge in [0.2, 0.25) is 0 Å². The predicted molar refractivity (Wildman–Crippen MR) is 94.5 cm³/mol. The minimum Gasteiger partial charge on any atom is -0.480 e. The second-order valence-corrected chi connectivity index (χ2v) is 9.17. The average molecular weight is 433 g/mol. The first kappa shape index (κ1) is 18.6. The van der Waals surface area contributed by atoms with Crippen LogP contribution in [0.1, 0.15) is 38.6 Å². The fourth-order valence-electron chi connectivity index (χ4n) is 3.69. The van der Waals surface area contributed by atoms with Gasteiger partial charge in [-0.15, -0.1) is 11.3 Å². The number of carbonyl (C=O) groups excluding carboxylic acids is 1. The van der Waals surface area contributed by atoms with Gasteiger partial charge in [-0.1, -0.05) is 0 Å². The summed E-state index contributed by atoms with van der Waals surface area (Å²) in [7, 11) is 0. The summed E-state index contributed by atoms with van der Waals surface area (Å²) < 4.78 is 12.1. The van der Waals surface area contributed by atoms with Crippen LogP contribution >= 0.6 is 27.3 Å². The van der Waals surface area contributed by atoms with Crippen molar-refractivity contribution in [3.8, 4) is 0 Å². The Balaban J connectivity index is 1.90. The third kappa shape index (κ3) is 3.68. The molecular weight excluding hydrogens is 412 g/mol. The van der Waals surface area contributed by atoms with E-state index in [-0.39, 0.29) is 12.0 Å². The number of rotatable bonds is 4. The van der Waals surface area contributed by atoms with Crippen molar-refractivity contribution in [1.29, 1.82) is 0 Å². The Bertz CT molecular complexity index is 688. The van der Waals surface area contributed by atoms with Crippen molar-refractivity contribution in [3.63, 3.8) is 0 Å². The van der Waals surface area contributed by atoms with E-state index >= 15 is 0 Å². The molecule has 3 atom stereocenters. The molecule has 2 heterocycles. The molecule has 1 amide bonds. The molecule has 0 radical (unpaired) electrons. The van der Waals surface area contributed by atoms with Gasteiger partial charge in [0.15, 0.2) is 0 Å². The molecule has 1 saturated heterocycles. The van der Waals surface area contributed by atoms with Crippen molar-refractivity contribution in [2.24, 2.45) is 5.92 Å². The van der Waals surface area contributed by atoms with Crippen LogP contribution in [-0.4, -0.2) is 51.8 Å². The summed E-state index contributed by atoms with van der Waals surface area (Å²) in [5, 5.41) is 11.6. The standard InChI is InChI=1S/C16H21BrN2O5S/c1-15(2,3)24-14(22)19-6-9-4-10(19)16(5-9,23-7-12(20)21)13-18-11(17)8-25-13/h8-10H,4-7H2,1-3H3,(H,20,21). The molecule has 2 aliphatic rings. The Morgan fingerprint density at radius 2 is 2.24 bits per heavy atom. The number of aromatic nitrogens is 1. The zero-order valence-corrected chi connectivity index (χ0v) is 16.7. The number of ether oxygens (including phenoxy) is 2. The number of carboxylic acid groups (broad SMARTS) is 1. The van der Waals surface area contributed by atoms with Crippen LogP contribution in [0.3, 0.4) is 0 Å². The van der Waals surface area contributed by atoms with Gasteiger partial charge in [0.25, 0.3) is 0 Å². The van der Waals surface area contributed by atoms with Crippen LogP contribution in [0.25, 0.3) is 0 Å². The van der Waals surface area contributed by atoms with Crippen molar-refractivity contribution < 1.29 is 24.2 Å². The molecule has 138 valence electrons. The van der Waals surface area contributed by atoms with E-state index in [0.29, 0.717) is 22.6 Å². The van der Waals surface area contributed by atoms with Crippen LogP contribution < -0.4 is 0 Å². The van der Waals surface area contributed by atoms with Gasteiger partial charge in [-0.3, -0.25) is 0 Å². The zero-order valence-electron chi connectivity index (χ0n) is 14.3. The topological polar surface area (TPSA) is 89.0 Å². The average Bonchev–Trinajstić information content (AvgIpc) is 3.17. The van der Waals surface area contributed by atoms with Gasteiger partial charge in [0.1, 0.15) is 27.4 Å². The summed E-state index contributed by atoms with van der Waals surface area (Å²) >= 11 is 4.75. The number of carbonyl (C=O) groups is 2. The van der Waals surface area contributed by atoms with Crippen molar-refractivity contribution >= 4 is 39.3 Å². The maximum Gasteiger partial charge on any atom is 0.410 e. The molecule has 1 saturated carbocycles. The maximum absolute atomic E-state index is 12.6. The molecule has 0 spiro atoms. The Labute approximate surface area is 158 Å². The number of fused-ring (bicyclic) bond motifs is 2. The van der Waals surface area contributed by atoms with E-state index in [1.165, 1.54) is 11.3 Å². The highest BCUT2D eigenvalue weighted by atomic mass is 79.9. The van der Waals surface area contributed by atoms with Crippen molar-refractivity contribution in [2.45, 2.75) is 50.9 Å². The van der Waals surface area contributed by atoms with E-state index in [1.807, 2.05) is 26.2 Å². The Morgan fingerprint density at radius 3 is 2.76 bits per heavy atom. The van der Waals surface area contributed by atoms with Gasteiger partial charge in [-0.05, 0) is 55.5 Å². The number of aliphatic carboxylic acids is 1. The molecule has 7 nitrogen and oxygen atoms in total. The summed E-state index contributed by atoms with van der Waals surface area (Å²) in [5.41, 5.74) is -1.48. The van der Waals surface area contributed by atoms with Crippen molar-refractivity contribution in [3.05, 3.63) is 15.0 Å². The molecule has 1 aliphatic heterocycles. The second-order valence-electron chi connectivity index (χ2n) is 7.50. The smallest absolute Gasteiger partial charge is 0.410 e. The Morgan fingerprint density at radius 1 is 1.52 bits per heavy atom. The highest BCUT2D eigenvalue weighted by Crippen LogP contribution is 2.53. The maximum atomic E-state index is 12.6. The lowest BCUT2D eigenvalue weighted by molar-refractivity contribution is -0.157. The van der Waals surface area contributed by atoms with Crippen molar-refractivity contribution in [2.75, 3.05) is 13.2 Å². The predicted octanol–water partition coefficient (Wildman–Crippen LogP) is 3.23. The van der Waals surface area contributed by atoms with Gasteiger partial charge in [-0.25, -0.2) is 14.6 Å². The molecule has 0 aromatic carbocycles. The molecule has 2 bridgehead atoms. The minimum absolute atomic E-state index is 0.244. The first-order chi connectivity index (χ1) is 11.6. The van der Waals surface area contributed by atoms with Crippen LogP contribution in [0.5, 0.6) is 0 Å². The zero-order chi connectivity index (χ0) is 18.4. The molecule has 1 aromatic rings. The molecular formula is C16H21BrN2O5S. The molecule has 1 aromatic heterocycles. The SMILES string of the molecule is CC(C)(C)OC(=O)N1CC2CC1C(OCC(=O)O)(c1nc(Br)cs1)C2. The first-order valence-corrected chi connectivity index (χ1v) is 9.75.